The van der Waals surface area contributed by atoms with Crippen molar-refractivity contribution >= 4 is 35.1 Å². The van der Waals surface area contributed by atoms with Gasteiger partial charge >= 0.3 is 11.9 Å². The zero-order valence-electron chi connectivity index (χ0n) is 20.0. The molecule has 2 aromatic rings. The third-order valence-corrected chi connectivity index (χ3v) is 6.57. The fraction of sp³-hybridized carbons (Fsp3) is 0.346. The predicted octanol–water partition coefficient (Wildman–Crippen LogP) is 5.03. The first-order chi connectivity index (χ1) is 17.4. The number of esters is 2. The largest absolute Gasteiger partial charge is 0.465 e. The molecule has 0 saturated heterocycles. The quantitative estimate of drug-likeness (QED) is 0.235. The smallest absolute Gasteiger partial charge is 0.336 e. The van der Waals surface area contributed by atoms with Gasteiger partial charge in [0.2, 0.25) is 0 Å². The van der Waals surface area contributed by atoms with E-state index in [9.17, 15) is 24.1 Å². The number of nitro groups is 1. The molecule has 2 unspecified atom stereocenters. The minimum absolute atomic E-state index is 0.0365. The SMILES string of the molecule is CCOC(=O)C1=C(CSCc2ccccc2)N=C(CF)C(C(=O)OCC)C1c1cccc([N+](=O)[O-])c1. The van der Waals surface area contributed by atoms with Crippen molar-refractivity contribution in [3.05, 3.63) is 87.1 Å². The van der Waals surface area contributed by atoms with Gasteiger partial charge in [-0.1, -0.05) is 42.5 Å². The molecule has 0 N–H and O–H groups in total. The fourth-order valence-electron chi connectivity index (χ4n) is 4.05. The van der Waals surface area contributed by atoms with Gasteiger partial charge in [-0.25, -0.2) is 9.18 Å². The third kappa shape index (κ3) is 6.37. The highest BCUT2D eigenvalue weighted by molar-refractivity contribution is 7.98. The van der Waals surface area contributed by atoms with Gasteiger partial charge in [-0.2, -0.15) is 11.8 Å². The molecule has 0 bridgehead atoms. The lowest BCUT2D eigenvalue weighted by atomic mass is 9.75. The van der Waals surface area contributed by atoms with E-state index in [1.165, 1.54) is 30.0 Å². The summed E-state index contributed by atoms with van der Waals surface area (Å²) >= 11 is 1.47. The van der Waals surface area contributed by atoms with Crippen LogP contribution < -0.4 is 0 Å². The first-order valence-electron chi connectivity index (χ1n) is 11.5. The summed E-state index contributed by atoms with van der Waals surface area (Å²) < 4.78 is 24.8. The van der Waals surface area contributed by atoms with Crippen LogP contribution in [0.25, 0.3) is 0 Å². The average Bonchev–Trinajstić information content (AvgIpc) is 2.88. The number of thioether (sulfide) groups is 1. The lowest BCUT2D eigenvalue weighted by molar-refractivity contribution is -0.384. The number of hydrogen-bond acceptors (Lipinski definition) is 8. The van der Waals surface area contributed by atoms with Crippen molar-refractivity contribution in [1.82, 2.24) is 0 Å². The van der Waals surface area contributed by atoms with Crippen LogP contribution >= 0.6 is 11.8 Å². The van der Waals surface area contributed by atoms with Crippen LogP contribution in [0.3, 0.4) is 0 Å². The Morgan fingerprint density at radius 1 is 1.06 bits per heavy atom. The molecule has 0 aromatic heterocycles. The summed E-state index contributed by atoms with van der Waals surface area (Å²) in [6, 6.07) is 15.3. The molecule has 10 heteroatoms. The van der Waals surface area contributed by atoms with Crippen LogP contribution in [0.4, 0.5) is 10.1 Å². The van der Waals surface area contributed by atoms with Gasteiger partial charge in [0, 0.05) is 29.6 Å². The van der Waals surface area contributed by atoms with E-state index < -0.39 is 35.4 Å². The number of carbonyl (C=O) groups is 2. The lowest BCUT2D eigenvalue weighted by Gasteiger charge is -2.32. The number of rotatable bonds is 11. The number of nitrogens with zero attached hydrogens (tertiary/aromatic N) is 2. The summed E-state index contributed by atoms with van der Waals surface area (Å²) in [7, 11) is 0. The van der Waals surface area contributed by atoms with Crippen molar-refractivity contribution in [2.45, 2.75) is 25.5 Å². The second-order valence-corrected chi connectivity index (χ2v) is 8.84. The Morgan fingerprint density at radius 3 is 2.42 bits per heavy atom. The molecule has 36 heavy (non-hydrogen) atoms. The first kappa shape index (κ1) is 27.1. The number of aliphatic imine (C=N–C) groups is 1. The third-order valence-electron chi connectivity index (χ3n) is 5.56. The Bertz CT molecular complexity index is 1170. The van der Waals surface area contributed by atoms with Crippen LogP contribution in [-0.2, 0) is 24.8 Å². The molecule has 1 aliphatic rings. The highest BCUT2D eigenvalue weighted by Crippen LogP contribution is 2.42. The molecular weight excluding hydrogens is 487 g/mol. The number of halogens is 1. The number of alkyl halides is 1. The summed E-state index contributed by atoms with van der Waals surface area (Å²) in [6.07, 6.45) is 0. The van der Waals surface area contributed by atoms with E-state index in [4.69, 9.17) is 9.47 Å². The van der Waals surface area contributed by atoms with Crippen molar-refractivity contribution in [2.24, 2.45) is 10.9 Å². The molecule has 8 nitrogen and oxygen atoms in total. The molecule has 190 valence electrons. The lowest BCUT2D eigenvalue weighted by Crippen LogP contribution is -2.39. The van der Waals surface area contributed by atoms with Gasteiger partial charge in [0.1, 0.15) is 12.6 Å². The number of carbonyl (C=O) groups excluding carboxylic acids is 2. The molecule has 1 heterocycles. The van der Waals surface area contributed by atoms with Crippen molar-refractivity contribution in [3.8, 4) is 0 Å². The summed E-state index contributed by atoms with van der Waals surface area (Å²) in [6.45, 7) is 2.32. The van der Waals surface area contributed by atoms with Gasteiger partial charge in [0.05, 0.1) is 35.1 Å². The van der Waals surface area contributed by atoms with Crippen molar-refractivity contribution in [1.29, 1.82) is 0 Å². The van der Waals surface area contributed by atoms with Gasteiger partial charge < -0.3 is 9.47 Å². The summed E-state index contributed by atoms with van der Waals surface area (Å²) in [5.41, 5.74) is 1.41. The van der Waals surface area contributed by atoms with Gasteiger partial charge in [-0.15, -0.1) is 0 Å². The fourth-order valence-corrected chi connectivity index (χ4v) is 5.00. The second-order valence-electron chi connectivity index (χ2n) is 7.86. The van der Waals surface area contributed by atoms with Crippen LogP contribution in [-0.4, -0.2) is 48.2 Å². The summed E-state index contributed by atoms with van der Waals surface area (Å²) in [5, 5.41) is 11.5. The number of benzene rings is 2. The predicted molar refractivity (Wildman–Crippen MR) is 136 cm³/mol. The Morgan fingerprint density at radius 2 is 1.78 bits per heavy atom. The van der Waals surface area contributed by atoms with E-state index in [0.29, 0.717) is 11.3 Å². The van der Waals surface area contributed by atoms with E-state index in [1.54, 1.807) is 19.9 Å². The zero-order valence-corrected chi connectivity index (χ0v) is 20.8. The van der Waals surface area contributed by atoms with Gasteiger partial charge in [-0.05, 0) is 25.0 Å². The van der Waals surface area contributed by atoms with E-state index in [1.807, 2.05) is 30.3 Å². The second kappa shape index (κ2) is 13.0. The molecule has 0 amide bonds. The van der Waals surface area contributed by atoms with Gasteiger partial charge in [-0.3, -0.25) is 19.9 Å². The molecule has 3 rings (SSSR count). The number of ether oxygens (including phenoxy) is 2. The zero-order chi connectivity index (χ0) is 26.1. The maximum atomic E-state index is 14.3. The van der Waals surface area contributed by atoms with Gasteiger partial charge in [0.25, 0.3) is 5.69 Å². The Labute approximate surface area is 212 Å². The number of hydrogen-bond donors (Lipinski definition) is 0. The minimum atomic E-state index is -1.26. The summed E-state index contributed by atoms with van der Waals surface area (Å²) in [4.78, 5) is 41.5. The molecular formula is C26H27FN2O6S. The number of nitro benzene ring substituents is 1. The molecule has 0 fully saturated rings. The van der Waals surface area contributed by atoms with Crippen molar-refractivity contribution in [2.75, 3.05) is 25.6 Å². The highest BCUT2D eigenvalue weighted by atomic mass is 32.2. The molecule has 2 atom stereocenters. The first-order valence-corrected chi connectivity index (χ1v) is 12.6. The van der Waals surface area contributed by atoms with Gasteiger partial charge in [0.15, 0.2) is 0 Å². The Balaban J connectivity index is 2.13. The standard InChI is InChI=1S/C26H27FN2O6S/c1-3-34-25(30)23-20(14-27)28-21(16-36-15-17-9-6-5-7-10-17)24(26(31)35-4-2)22(23)18-11-8-12-19(13-18)29(32)33/h5-13,22-23H,3-4,14-16H2,1-2H3. The van der Waals surface area contributed by atoms with E-state index in [-0.39, 0.29) is 41.6 Å². The van der Waals surface area contributed by atoms with Crippen LogP contribution in [0, 0.1) is 16.0 Å². The van der Waals surface area contributed by atoms with E-state index in [0.717, 1.165) is 5.56 Å². The molecule has 0 radical (unpaired) electrons. The Kier molecular flexibility index (Phi) is 9.75. The maximum absolute atomic E-state index is 14.3. The Hall–Kier alpha value is -3.53. The number of non-ortho nitro benzene ring substituents is 1. The summed E-state index contributed by atoms with van der Waals surface area (Å²) in [5.74, 6) is -2.93. The monoisotopic (exact) mass is 514 g/mol. The van der Waals surface area contributed by atoms with Crippen molar-refractivity contribution < 1.29 is 28.4 Å². The van der Waals surface area contributed by atoms with Crippen molar-refractivity contribution in [3.63, 3.8) is 0 Å². The topological polar surface area (TPSA) is 108 Å². The van der Waals surface area contributed by atoms with Crippen LogP contribution in [0.15, 0.2) is 70.9 Å². The molecule has 0 aliphatic carbocycles. The van der Waals surface area contributed by atoms with Crippen LogP contribution in [0.5, 0.6) is 0 Å². The molecule has 0 saturated carbocycles. The molecule has 2 aromatic carbocycles. The van der Waals surface area contributed by atoms with E-state index in [2.05, 4.69) is 4.99 Å². The maximum Gasteiger partial charge on any atom is 0.336 e. The van der Waals surface area contributed by atoms with Crippen LogP contribution in [0.2, 0.25) is 0 Å². The molecule has 1 aliphatic heterocycles. The van der Waals surface area contributed by atoms with E-state index >= 15 is 0 Å². The highest BCUT2D eigenvalue weighted by Gasteiger charge is 2.44. The minimum Gasteiger partial charge on any atom is -0.465 e. The normalized spacial score (nSPS) is 17.4. The average molecular weight is 515 g/mol. The molecule has 0 spiro atoms. The van der Waals surface area contributed by atoms with Crippen LogP contribution in [0.1, 0.15) is 30.9 Å².